The average Bonchev–Trinajstić information content (AvgIpc) is 2.71. The van der Waals surface area contributed by atoms with Crippen LogP contribution in [0.25, 0.3) is 0 Å². The van der Waals surface area contributed by atoms with Crippen molar-refractivity contribution in [2.75, 3.05) is 20.0 Å². The van der Waals surface area contributed by atoms with Gasteiger partial charge < -0.3 is 18.6 Å². The van der Waals surface area contributed by atoms with E-state index in [-0.39, 0.29) is 30.0 Å². The van der Waals surface area contributed by atoms with E-state index in [0.29, 0.717) is 17.1 Å². The highest BCUT2D eigenvalue weighted by atomic mass is 32.2. The van der Waals surface area contributed by atoms with E-state index >= 15 is 0 Å². The van der Waals surface area contributed by atoms with Crippen molar-refractivity contribution in [2.24, 2.45) is 0 Å². The number of nitrogens with zero attached hydrogens (tertiary/aromatic N) is 1. The van der Waals surface area contributed by atoms with Crippen molar-refractivity contribution in [2.45, 2.75) is 33.4 Å². The lowest BCUT2D eigenvalue weighted by Crippen LogP contribution is -2.36. The Morgan fingerprint density at radius 3 is 2.34 bits per heavy atom. The average molecular weight is 422 g/mol. The second kappa shape index (κ2) is 9.65. The zero-order valence-corrected chi connectivity index (χ0v) is 18.2. The van der Waals surface area contributed by atoms with E-state index in [4.69, 9.17) is 13.7 Å². The number of rotatable bonds is 9. The summed E-state index contributed by atoms with van der Waals surface area (Å²) in [4.78, 5) is 14.7. The Morgan fingerprint density at radius 1 is 1.03 bits per heavy atom. The van der Waals surface area contributed by atoms with Crippen molar-refractivity contribution >= 4 is 16.0 Å². The summed E-state index contributed by atoms with van der Waals surface area (Å²) >= 11 is 0. The molecule has 0 heterocycles. The Bertz CT molecular complexity index is 955. The number of carbonyl (C=O) groups is 1. The minimum Gasteiger partial charge on any atom is -0.497 e. The largest absolute Gasteiger partial charge is 0.497 e. The van der Waals surface area contributed by atoms with Crippen LogP contribution in [-0.2, 0) is 16.7 Å². The Morgan fingerprint density at radius 2 is 1.76 bits per heavy atom. The zero-order chi connectivity index (χ0) is 21.6. The van der Waals surface area contributed by atoms with Crippen molar-refractivity contribution in [3.05, 3.63) is 53.6 Å². The fraction of sp³-hybridized carbons (Fsp3) is 0.381. The SMILES string of the molecule is CCS(=O)(=O)Oc1cc(CN(C(=O)c2cccc(OC)c2)C(C)C)ccc1OC. The molecule has 2 aromatic rings. The predicted octanol–water partition coefficient (Wildman–Crippen LogP) is 3.48. The van der Waals surface area contributed by atoms with Gasteiger partial charge in [0.05, 0.1) is 20.0 Å². The van der Waals surface area contributed by atoms with E-state index in [1.165, 1.54) is 14.0 Å². The summed E-state index contributed by atoms with van der Waals surface area (Å²) < 4.78 is 39.3. The molecule has 0 atom stereocenters. The van der Waals surface area contributed by atoms with Gasteiger partial charge in [-0.25, -0.2) is 0 Å². The Hall–Kier alpha value is -2.74. The number of carbonyl (C=O) groups excluding carboxylic acids is 1. The molecule has 29 heavy (non-hydrogen) atoms. The van der Waals surface area contributed by atoms with Gasteiger partial charge in [-0.2, -0.15) is 8.42 Å². The van der Waals surface area contributed by atoms with Crippen LogP contribution < -0.4 is 13.7 Å². The van der Waals surface area contributed by atoms with E-state index in [0.717, 1.165) is 5.56 Å². The van der Waals surface area contributed by atoms with Crippen molar-refractivity contribution in [1.82, 2.24) is 4.90 Å². The molecule has 1 amide bonds. The van der Waals surface area contributed by atoms with E-state index in [2.05, 4.69) is 0 Å². The molecule has 2 aromatic carbocycles. The number of hydrogen-bond acceptors (Lipinski definition) is 6. The van der Waals surface area contributed by atoms with Gasteiger partial charge in [0.1, 0.15) is 5.75 Å². The standard InChI is InChI=1S/C21H27NO6S/c1-6-29(24,25)28-20-12-16(10-11-19(20)27-5)14-22(15(2)3)21(23)17-8-7-9-18(13-17)26-4/h7-13,15H,6,14H2,1-5H3. The molecule has 158 valence electrons. The van der Waals surface area contributed by atoms with Gasteiger partial charge in [0.15, 0.2) is 11.5 Å². The van der Waals surface area contributed by atoms with Crippen LogP contribution in [0.15, 0.2) is 42.5 Å². The Kier molecular flexibility index (Phi) is 7.50. The fourth-order valence-electron chi connectivity index (χ4n) is 2.69. The Balaban J connectivity index is 2.33. The molecule has 7 nitrogen and oxygen atoms in total. The van der Waals surface area contributed by atoms with Gasteiger partial charge in [0.2, 0.25) is 0 Å². The van der Waals surface area contributed by atoms with Crippen LogP contribution >= 0.6 is 0 Å². The van der Waals surface area contributed by atoms with Crippen LogP contribution in [0.2, 0.25) is 0 Å². The van der Waals surface area contributed by atoms with Crippen LogP contribution in [0.4, 0.5) is 0 Å². The van der Waals surface area contributed by atoms with Gasteiger partial charge in [0, 0.05) is 18.2 Å². The van der Waals surface area contributed by atoms with E-state index in [9.17, 15) is 13.2 Å². The lowest BCUT2D eigenvalue weighted by Gasteiger charge is -2.27. The summed E-state index contributed by atoms with van der Waals surface area (Å²) in [5, 5.41) is 0. The van der Waals surface area contributed by atoms with Crippen LogP contribution in [-0.4, -0.2) is 45.2 Å². The molecule has 0 aliphatic rings. The third-order valence-electron chi connectivity index (χ3n) is 4.35. The first-order valence-electron chi connectivity index (χ1n) is 9.24. The third kappa shape index (κ3) is 5.87. The molecule has 0 saturated heterocycles. The molecule has 0 unspecified atom stereocenters. The quantitative estimate of drug-likeness (QED) is 0.577. The van der Waals surface area contributed by atoms with Crippen LogP contribution in [0.5, 0.6) is 17.2 Å². The molecule has 0 aliphatic carbocycles. The van der Waals surface area contributed by atoms with Gasteiger partial charge in [-0.1, -0.05) is 12.1 Å². The van der Waals surface area contributed by atoms with Gasteiger partial charge in [-0.15, -0.1) is 0 Å². The van der Waals surface area contributed by atoms with Crippen LogP contribution in [0.3, 0.4) is 0 Å². The number of methoxy groups -OCH3 is 2. The van der Waals surface area contributed by atoms with Crippen molar-refractivity contribution in [3.63, 3.8) is 0 Å². The number of hydrogen-bond donors (Lipinski definition) is 0. The van der Waals surface area contributed by atoms with Crippen LogP contribution in [0.1, 0.15) is 36.7 Å². The summed E-state index contributed by atoms with van der Waals surface area (Å²) in [6, 6.07) is 11.9. The molecule has 0 aromatic heterocycles. The molecule has 0 radical (unpaired) electrons. The molecule has 0 spiro atoms. The third-order valence-corrected chi connectivity index (χ3v) is 5.49. The van der Waals surface area contributed by atoms with E-state index in [1.807, 2.05) is 13.8 Å². The lowest BCUT2D eigenvalue weighted by atomic mass is 10.1. The molecule has 0 bridgehead atoms. The molecule has 0 fully saturated rings. The predicted molar refractivity (Wildman–Crippen MR) is 111 cm³/mol. The van der Waals surface area contributed by atoms with Gasteiger partial charge in [0.25, 0.3) is 5.91 Å². The summed E-state index contributed by atoms with van der Waals surface area (Å²) in [6.45, 7) is 5.61. The zero-order valence-electron chi connectivity index (χ0n) is 17.3. The number of ether oxygens (including phenoxy) is 2. The maximum absolute atomic E-state index is 13.1. The molecule has 2 rings (SSSR count). The first-order chi connectivity index (χ1) is 13.7. The summed E-state index contributed by atoms with van der Waals surface area (Å²) in [6.07, 6.45) is 0. The molecular formula is C21H27NO6S. The number of benzene rings is 2. The highest BCUT2D eigenvalue weighted by Crippen LogP contribution is 2.30. The highest BCUT2D eigenvalue weighted by Gasteiger charge is 2.21. The monoisotopic (exact) mass is 421 g/mol. The first kappa shape index (κ1) is 22.5. The van der Waals surface area contributed by atoms with Gasteiger partial charge in [-0.3, -0.25) is 4.79 Å². The van der Waals surface area contributed by atoms with Gasteiger partial charge in [-0.05, 0) is 56.7 Å². The van der Waals surface area contributed by atoms with Gasteiger partial charge >= 0.3 is 10.1 Å². The van der Waals surface area contributed by atoms with Crippen molar-refractivity contribution in [1.29, 1.82) is 0 Å². The second-order valence-electron chi connectivity index (χ2n) is 6.67. The Labute approximate surface area is 172 Å². The lowest BCUT2D eigenvalue weighted by molar-refractivity contribution is 0.0690. The number of amides is 1. The highest BCUT2D eigenvalue weighted by molar-refractivity contribution is 7.87. The summed E-state index contributed by atoms with van der Waals surface area (Å²) in [5.74, 6) is 0.695. The summed E-state index contributed by atoms with van der Waals surface area (Å²) in [5.41, 5.74) is 1.23. The molecule has 0 N–H and O–H groups in total. The topological polar surface area (TPSA) is 82.1 Å². The molecule has 8 heteroatoms. The minimum atomic E-state index is -3.71. The maximum atomic E-state index is 13.1. The fourth-order valence-corrected chi connectivity index (χ4v) is 3.21. The molecular weight excluding hydrogens is 394 g/mol. The first-order valence-corrected chi connectivity index (χ1v) is 10.8. The van der Waals surface area contributed by atoms with Crippen LogP contribution in [0, 0.1) is 0 Å². The minimum absolute atomic E-state index is 0.0838. The van der Waals surface area contributed by atoms with Crippen molar-refractivity contribution < 1.29 is 26.9 Å². The van der Waals surface area contributed by atoms with E-state index < -0.39 is 10.1 Å². The smallest absolute Gasteiger partial charge is 0.309 e. The maximum Gasteiger partial charge on any atom is 0.309 e. The molecule has 0 saturated carbocycles. The molecule has 0 aliphatic heterocycles. The van der Waals surface area contributed by atoms with E-state index in [1.54, 1.807) is 54.5 Å². The normalized spacial score (nSPS) is 11.2. The van der Waals surface area contributed by atoms with Crippen molar-refractivity contribution in [3.8, 4) is 17.2 Å². The second-order valence-corrected chi connectivity index (χ2v) is 8.53. The summed E-state index contributed by atoms with van der Waals surface area (Å²) in [7, 11) is -0.722.